The molecule has 1 fully saturated rings. The first-order valence-corrected chi connectivity index (χ1v) is 9.97. The van der Waals surface area contributed by atoms with Crippen LogP contribution in [-0.2, 0) is 11.8 Å². The minimum Gasteiger partial charge on any atom is -0.302 e. The fraction of sp³-hybridized carbons (Fsp3) is 0.167. The Morgan fingerprint density at radius 1 is 1.28 bits per heavy atom. The van der Waals surface area contributed by atoms with Crippen LogP contribution in [-0.4, -0.2) is 43.3 Å². The predicted molar refractivity (Wildman–Crippen MR) is 103 cm³/mol. The summed E-state index contributed by atoms with van der Waals surface area (Å²) in [6.07, 6.45) is 1.87. The Morgan fingerprint density at radius 3 is 2.52 bits per heavy atom. The Labute approximate surface area is 175 Å². The minimum atomic E-state index is -1.16. The van der Waals surface area contributed by atoms with E-state index >= 15 is 0 Å². The van der Waals surface area contributed by atoms with Crippen molar-refractivity contribution in [2.75, 3.05) is 6.54 Å². The maximum absolute atomic E-state index is 14.8. The van der Waals surface area contributed by atoms with E-state index in [0.29, 0.717) is 20.0 Å². The SMILES string of the molecule is Cn1cc(-c2cc(F)c(C(=O)N3CC(=O)N(O)C3c3cc(Br)cs3)c(F)c2)cn1. The quantitative estimate of drug-likeness (QED) is 0.578. The van der Waals surface area contributed by atoms with Gasteiger partial charge in [0.25, 0.3) is 11.8 Å². The van der Waals surface area contributed by atoms with Crippen LogP contribution in [0.2, 0.25) is 0 Å². The van der Waals surface area contributed by atoms with Gasteiger partial charge in [0, 0.05) is 28.7 Å². The number of benzene rings is 1. The molecule has 150 valence electrons. The number of carbonyl (C=O) groups excluding carboxylic acids is 2. The second kappa shape index (κ2) is 7.32. The summed E-state index contributed by atoms with van der Waals surface area (Å²) >= 11 is 4.45. The zero-order valence-corrected chi connectivity index (χ0v) is 17.2. The van der Waals surface area contributed by atoms with Gasteiger partial charge in [-0.3, -0.25) is 19.5 Å². The fourth-order valence-electron chi connectivity index (χ4n) is 3.15. The van der Waals surface area contributed by atoms with Crippen molar-refractivity contribution in [2.45, 2.75) is 6.17 Å². The zero-order chi connectivity index (χ0) is 20.9. The van der Waals surface area contributed by atoms with Crippen molar-refractivity contribution in [1.29, 1.82) is 0 Å². The molecule has 29 heavy (non-hydrogen) atoms. The molecule has 1 saturated heterocycles. The van der Waals surface area contributed by atoms with Gasteiger partial charge >= 0.3 is 0 Å². The molecule has 1 unspecified atom stereocenters. The van der Waals surface area contributed by atoms with Crippen LogP contribution in [0.15, 0.2) is 40.4 Å². The number of nitrogens with zero attached hydrogens (tertiary/aromatic N) is 4. The number of rotatable bonds is 3. The molecule has 0 radical (unpaired) electrons. The second-order valence-electron chi connectivity index (χ2n) is 6.43. The average molecular weight is 483 g/mol. The summed E-state index contributed by atoms with van der Waals surface area (Å²) in [6, 6.07) is 3.70. The van der Waals surface area contributed by atoms with Gasteiger partial charge in [0.05, 0.1) is 11.1 Å². The van der Waals surface area contributed by atoms with Crippen LogP contribution in [0.4, 0.5) is 8.78 Å². The molecule has 3 heterocycles. The summed E-state index contributed by atoms with van der Waals surface area (Å²) in [7, 11) is 1.67. The third-order valence-corrected chi connectivity index (χ3v) is 6.22. The maximum atomic E-state index is 14.8. The number of hydrogen-bond acceptors (Lipinski definition) is 5. The Kier molecular flexibility index (Phi) is 4.97. The van der Waals surface area contributed by atoms with E-state index in [2.05, 4.69) is 21.0 Å². The lowest BCUT2D eigenvalue weighted by atomic mass is 10.0. The average Bonchev–Trinajstić information content (AvgIpc) is 3.35. The highest BCUT2D eigenvalue weighted by Gasteiger charge is 2.43. The second-order valence-corrected chi connectivity index (χ2v) is 8.29. The van der Waals surface area contributed by atoms with Gasteiger partial charge in [0.15, 0.2) is 6.17 Å². The molecule has 11 heteroatoms. The number of aryl methyl sites for hydroxylation is 1. The van der Waals surface area contributed by atoms with Crippen molar-refractivity contribution < 1.29 is 23.6 Å². The third kappa shape index (κ3) is 3.45. The number of aromatic nitrogens is 2. The first-order chi connectivity index (χ1) is 13.8. The lowest BCUT2D eigenvalue weighted by Crippen LogP contribution is -2.34. The van der Waals surface area contributed by atoms with E-state index in [4.69, 9.17) is 0 Å². The lowest BCUT2D eigenvalue weighted by molar-refractivity contribution is -0.168. The Hall–Kier alpha value is -2.63. The van der Waals surface area contributed by atoms with Crippen LogP contribution < -0.4 is 0 Å². The van der Waals surface area contributed by atoms with Crippen molar-refractivity contribution in [3.8, 4) is 11.1 Å². The van der Waals surface area contributed by atoms with Gasteiger partial charge < -0.3 is 4.90 Å². The molecule has 0 saturated carbocycles. The van der Waals surface area contributed by atoms with Crippen molar-refractivity contribution >= 4 is 39.1 Å². The molecule has 7 nitrogen and oxygen atoms in total. The van der Waals surface area contributed by atoms with Gasteiger partial charge in [-0.2, -0.15) is 10.2 Å². The monoisotopic (exact) mass is 482 g/mol. The molecule has 0 spiro atoms. The summed E-state index contributed by atoms with van der Waals surface area (Å²) in [5, 5.41) is 16.2. The summed E-state index contributed by atoms with van der Waals surface area (Å²) in [5.74, 6) is -3.91. The summed E-state index contributed by atoms with van der Waals surface area (Å²) < 4.78 is 31.7. The van der Waals surface area contributed by atoms with E-state index < -0.39 is 41.7 Å². The van der Waals surface area contributed by atoms with Crippen molar-refractivity contribution in [3.05, 3.63) is 62.5 Å². The standard InChI is InChI=1S/C18H13BrF2N4O3S/c1-23-6-10(5-22-23)9-2-12(20)16(13(21)3-9)18(27)24-7-15(26)25(28)17(24)14-4-11(19)8-29-14/h2-6,8,17,28H,7H2,1H3. The van der Waals surface area contributed by atoms with Crippen molar-refractivity contribution in [1.82, 2.24) is 19.7 Å². The van der Waals surface area contributed by atoms with Crippen LogP contribution in [0.3, 0.4) is 0 Å². The van der Waals surface area contributed by atoms with E-state index in [1.807, 2.05) is 0 Å². The Bertz CT molecular complexity index is 1110. The van der Waals surface area contributed by atoms with Crippen LogP contribution in [0.5, 0.6) is 0 Å². The molecule has 0 aliphatic carbocycles. The van der Waals surface area contributed by atoms with E-state index in [-0.39, 0.29) is 5.56 Å². The number of amides is 2. The van der Waals surface area contributed by atoms with Crippen LogP contribution in [0.25, 0.3) is 11.1 Å². The van der Waals surface area contributed by atoms with Gasteiger partial charge in [0.1, 0.15) is 23.7 Å². The highest BCUT2D eigenvalue weighted by atomic mass is 79.9. The predicted octanol–water partition coefficient (Wildman–Crippen LogP) is 3.56. The molecule has 3 aromatic rings. The topological polar surface area (TPSA) is 78.7 Å². The highest BCUT2D eigenvalue weighted by molar-refractivity contribution is 9.10. The summed E-state index contributed by atoms with van der Waals surface area (Å²) in [4.78, 5) is 26.4. The number of carbonyl (C=O) groups is 2. The first kappa shape index (κ1) is 19.7. The zero-order valence-electron chi connectivity index (χ0n) is 14.8. The number of halogens is 3. The fourth-order valence-corrected chi connectivity index (χ4v) is 4.69. The molecular weight excluding hydrogens is 470 g/mol. The molecule has 1 aromatic carbocycles. The van der Waals surface area contributed by atoms with Gasteiger partial charge in [-0.05, 0) is 39.7 Å². The summed E-state index contributed by atoms with van der Waals surface area (Å²) in [5.41, 5.74) is -0.0745. The van der Waals surface area contributed by atoms with E-state index in [0.717, 1.165) is 17.0 Å². The largest absolute Gasteiger partial charge is 0.302 e. The third-order valence-electron chi connectivity index (χ3n) is 4.49. The molecule has 1 aliphatic rings. The van der Waals surface area contributed by atoms with Crippen LogP contribution in [0, 0.1) is 11.6 Å². The van der Waals surface area contributed by atoms with Gasteiger partial charge in [0.2, 0.25) is 0 Å². The molecule has 2 aromatic heterocycles. The van der Waals surface area contributed by atoms with E-state index in [1.54, 1.807) is 24.7 Å². The van der Waals surface area contributed by atoms with Crippen LogP contribution in [0.1, 0.15) is 21.4 Å². The molecular formula is C18H13BrF2N4O3S. The number of hydrogen-bond donors (Lipinski definition) is 1. The normalized spacial score (nSPS) is 16.7. The van der Waals surface area contributed by atoms with Gasteiger partial charge in [-0.1, -0.05) is 0 Å². The smallest absolute Gasteiger partial charge is 0.268 e. The molecule has 1 N–H and O–H groups in total. The maximum Gasteiger partial charge on any atom is 0.268 e. The molecule has 2 amide bonds. The molecule has 0 bridgehead atoms. The van der Waals surface area contributed by atoms with Crippen molar-refractivity contribution in [3.63, 3.8) is 0 Å². The summed E-state index contributed by atoms with van der Waals surface area (Å²) in [6.45, 7) is -0.501. The first-order valence-electron chi connectivity index (χ1n) is 8.30. The Balaban J connectivity index is 1.72. The van der Waals surface area contributed by atoms with Gasteiger partial charge in [-0.25, -0.2) is 8.78 Å². The van der Waals surface area contributed by atoms with E-state index in [9.17, 15) is 23.6 Å². The van der Waals surface area contributed by atoms with Gasteiger partial charge in [-0.15, -0.1) is 11.3 Å². The molecule has 1 atom stereocenters. The lowest BCUT2D eigenvalue weighted by Gasteiger charge is -2.25. The van der Waals surface area contributed by atoms with Crippen LogP contribution >= 0.6 is 27.3 Å². The minimum absolute atomic E-state index is 0.227. The number of thiophene rings is 1. The molecule has 1 aliphatic heterocycles. The Morgan fingerprint density at radius 2 is 1.97 bits per heavy atom. The molecule has 4 rings (SSSR count). The van der Waals surface area contributed by atoms with E-state index in [1.165, 1.54) is 22.2 Å². The van der Waals surface area contributed by atoms with Crippen molar-refractivity contribution in [2.24, 2.45) is 7.05 Å². The highest BCUT2D eigenvalue weighted by Crippen LogP contribution is 2.36. The number of hydroxylamine groups is 2.